The van der Waals surface area contributed by atoms with Gasteiger partial charge in [-0.15, -0.1) is 0 Å². The third-order valence-corrected chi connectivity index (χ3v) is 2.73. The van der Waals surface area contributed by atoms with Gasteiger partial charge < -0.3 is 9.84 Å². The standard InChI is InChI=1S/C11H12F4O2S/c1-7(16)9-6-8(12)2-3-10(9)17-4-5-18-11(13,14)15/h2-3,6-7,16H,4-5H2,1H3. The SMILES string of the molecule is CC(O)c1cc(F)ccc1OCCSC(F)(F)F. The van der Waals surface area contributed by atoms with Crippen molar-refractivity contribution in [1.82, 2.24) is 0 Å². The molecule has 1 unspecified atom stereocenters. The predicted molar refractivity (Wildman–Crippen MR) is 61.0 cm³/mol. The zero-order valence-electron chi connectivity index (χ0n) is 9.50. The van der Waals surface area contributed by atoms with Gasteiger partial charge >= 0.3 is 5.51 Å². The molecule has 0 radical (unpaired) electrons. The molecule has 1 aromatic rings. The Balaban J connectivity index is 2.57. The van der Waals surface area contributed by atoms with Crippen LogP contribution in [0, 0.1) is 5.82 Å². The number of rotatable bonds is 5. The van der Waals surface area contributed by atoms with Crippen molar-refractivity contribution >= 4 is 11.8 Å². The molecule has 0 saturated carbocycles. The van der Waals surface area contributed by atoms with Crippen LogP contribution in [0.25, 0.3) is 0 Å². The molecule has 0 fully saturated rings. The molecular weight excluding hydrogens is 272 g/mol. The molecule has 0 bridgehead atoms. The fourth-order valence-electron chi connectivity index (χ4n) is 1.29. The minimum Gasteiger partial charge on any atom is -0.492 e. The molecule has 0 aromatic heterocycles. The molecule has 1 rings (SSSR count). The molecule has 102 valence electrons. The van der Waals surface area contributed by atoms with Crippen LogP contribution >= 0.6 is 11.8 Å². The largest absolute Gasteiger partial charge is 0.492 e. The van der Waals surface area contributed by atoms with Crippen LogP contribution in [-0.2, 0) is 0 Å². The van der Waals surface area contributed by atoms with E-state index in [4.69, 9.17) is 4.74 Å². The molecular formula is C11H12F4O2S. The number of benzene rings is 1. The van der Waals surface area contributed by atoms with E-state index in [0.717, 1.165) is 12.1 Å². The number of halogens is 4. The molecule has 2 nitrogen and oxygen atoms in total. The number of ether oxygens (including phenoxy) is 1. The minimum absolute atomic E-state index is 0.171. The van der Waals surface area contributed by atoms with Crippen molar-refractivity contribution < 1.29 is 27.4 Å². The predicted octanol–water partition coefficient (Wildman–Crippen LogP) is 3.51. The molecule has 1 aromatic carbocycles. The van der Waals surface area contributed by atoms with Crippen LogP contribution < -0.4 is 4.74 Å². The summed E-state index contributed by atoms with van der Waals surface area (Å²) < 4.78 is 53.6. The first kappa shape index (κ1) is 15.1. The third-order valence-electron chi connectivity index (χ3n) is 2.03. The molecule has 18 heavy (non-hydrogen) atoms. The van der Waals surface area contributed by atoms with Crippen LogP contribution in [0.15, 0.2) is 18.2 Å². The summed E-state index contributed by atoms with van der Waals surface area (Å²) in [6.07, 6.45) is -0.953. The third kappa shape index (κ3) is 5.14. The van der Waals surface area contributed by atoms with Crippen molar-refractivity contribution in [3.05, 3.63) is 29.6 Å². The molecule has 1 N–H and O–H groups in total. The fraction of sp³-hybridized carbons (Fsp3) is 0.455. The van der Waals surface area contributed by atoms with Crippen LogP contribution in [0.2, 0.25) is 0 Å². The van der Waals surface area contributed by atoms with Gasteiger partial charge in [0.05, 0.1) is 12.7 Å². The first-order valence-electron chi connectivity index (χ1n) is 5.10. The highest BCUT2D eigenvalue weighted by atomic mass is 32.2. The van der Waals surface area contributed by atoms with Gasteiger partial charge in [-0.05, 0) is 36.9 Å². The molecule has 0 amide bonds. The number of aliphatic hydroxyl groups is 1. The van der Waals surface area contributed by atoms with E-state index in [2.05, 4.69) is 0 Å². The average molecular weight is 284 g/mol. The van der Waals surface area contributed by atoms with Crippen LogP contribution in [-0.4, -0.2) is 23.0 Å². The summed E-state index contributed by atoms with van der Waals surface area (Å²) in [5.74, 6) is -0.614. The van der Waals surface area contributed by atoms with Crippen molar-refractivity contribution in [2.45, 2.75) is 18.5 Å². The maximum Gasteiger partial charge on any atom is 0.441 e. The van der Waals surface area contributed by atoms with Gasteiger partial charge in [0.25, 0.3) is 0 Å². The zero-order chi connectivity index (χ0) is 13.8. The lowest BCUT2D eigenvalue weighted by Gasteiger charge is -2.13. The summed E-state index contributed by atoms with van der Waals surface area (Å²) in [5, 5.41) is 9.38. The van der Waals surface area contributed by atoms with E-state index >= 15 is 0 Å². The Hall–Kier alpha value is -0.950. The topological polar surface area (TPSA) is 29.5 Å². The van der Waals surface area contributed by atoms with E-state index in [1.807, 2.05) is 0 Å². The minimum atomic E-state index is -4.29. The lowest BCUT2D eigenvalue weighted by molar-refractivity contribution is -0.0329. The number of hydrogen-bond donors (Lipinski definition) is 1. The number of alkyl halides is 3. The van der Waals surface area contributed by atoms with Gasteiger partial charge in [0.1, 0.15) is 11.6 Å². The Labute approximate surface area is 106 Å². The summed E-state index contributed by atoms with van der Waals surface area (Å²) in [5.41, 5.74) is -4.08. The van der Waals surface area contributed by atoms with Gasteiger partial charge in [-0.3, -0.25) is 0 Å². The highest BCUT2D eigenvalue weighted by Gasteiger charge is 2.27. The molecule has 0 saturated heterocycles. The molecule has 0 heterocycles. The number of hydrogen-bond acceptors (Lipinski definition) is 3. The molecule has 0 aliphatic heterocycles. The van der Waals surface area contributed by atoms with Gasteiger partial charge in [-0.25, -0.2) is 4.39 Å². The van der Waals surface area contributed by atoms with Gasteiger partial charge in [0.15, 0.2) is 0 Å². The molecule has 0 aliphatic rings. The first-order valence-corrected chi connectivity index (χ1v) is 6.09. The maximum absolute atomic E-state index is 12.9. The van der Waals surface area contributed by atoms with E-state index in [-0.39, 0.29) is 35.4 Å². The molecule has 1 atom stereocenters. The number of aliphatic hydroxyl groups excluding tert-OH is 1. The van der Waals surface area contributed by atoms with Crippen molar-refractivity contribution in [2.24, 2.45) is 0 Å². The Morgan fingerprint density at radius 1 is 1.39 bits per heavy atom. The van der Waals surface area contributed by atoms with Crippen LogP contribution in [0.3, 0.4) is 0 Å². The van der Waals surface area contributed by atoms with Gasteiger partial charge in [0, 0.05) is 11.3 Å². The molecule has 7 heteroatoms. The summed E-state index contributed by atoms with van der Waals surface area (Å²) in [6.45, 7) is 1.25. The normalized spacial score (nSPS) is 13.4. The van der Waals surface area contributed by atoms with E-state index in [1.165, 1.54) is 13.0 Å². The van der Waals surface area contributed by atoms with Crippen LogP contribution in [0.4, 0.5) is 17.6 Å². The summed E-state index contributed by atoms with van der Waals surface area (Å²) >= 11 is -0.191. The lowest BCUT2D eigenvalue weighted by Crippen LogP contribution is -2.09. The fourth-order valence-corrected chi connectivity index (χ4v) is 1.68. The monoisotopic (exact) mass is 284 g/mol. The average Bonchev–Trinajstić information content (AvgIpc) is 2.24. The Bertz CT molecular complexity index is 393. The van der Waals surface area contributed by atoms with Crippen LogP contribution in [0.5, 0.6) is 5.75 Å². The second-order valence-electron chi connectivity index (χ2n) is 3.50. The summed E-state index contributed by atoms with van der Waals surface area (Å²) in [4.78, 5) is 0. The Kier molecular flexibility index (Phi) is 5.28. The van der Waals surface area contributed by atoms with Crippen molar-refractivity contribution in [3.63, 3.8) is 0 Å². The number of thioether (sulfide) groups is 1. The van der Waals surface area contributed by atoms with Crippen molar-refractivity contribution in [1.29, 1.82) is 0 Å². The first-order chi connectivity index (χ1) is 8.29. The van der Waals surface area contributed by atoms with E-state index < -0.39 is 17.4 Å². The van der Waals surface area contributed by atoms with Crippen molar-refractivity contribution in [3.8, 4) is 5.75 Å². The van der Waals surface area contributed by atoms with E-state index in [0.29, 0.717) is 0 Å². The second kappa shape index (κ2) is 6.29. The lowest BCUT2D eigenvalue weighted by atomic mass is 10.1. The highest BCUT2D eigenvalue weighted by molar-refractivity contribution is 8.00. The smallest absolute Gasteiger partial charge is 0.441 e. The van der Waals surface area contributed by atoms with Gasteiger partial charge in [-0.1, -0.05) is 0 Å². The van der Waals surface area contributed by atoms with E-state index in [9.17, 15) is 22.7 Å². The quantitative estimate of drug-likeness (QED) is 0.662. The van der Waals surface area contributed by atoms with E-state index in [1.54, 1.807) is 0 Å². The van der Waals surface area contributed by atoms with Gasteiger partial charge in [0.2, 0.25) is 0 Å². The Morgan fingerprint density at radius 2 is 2.06 bits per heavy atom. The zero-order valence-corrected chi connectivity index (χ0v) is 10.3. The maximum atomic E-state index is 12.9. The molecule has 0 spiro atoms. The molecule has 0 aliphatic carbocycles. The van der Waals surface area contributed by atoms with Crippen molar-refractivity contribution in [2.75, 3.05) is 12.4 Å². The summed E-state index contributed by atoms with van der Waals surface area (Å²) in [6, 6.07) is 3.50. The summed E-state index contributed by atoms with van der Waals surface area (Å²) in [7, 11) is 0. The second-order valence-corrected chi connectivity index (χ2v) is 4.66. The van der Waals surface area contributed by atoms with Crippen LogP contribution in [0.1, 0.15) is 18.6 Å². The van der Waals surface area contributed by atoms with Gasteiger partial charge in [-0.2, -0.15) is 13.2 Å². The highest BCUT2D eigenvalue weighted by Crippen LogP contribution is 2.30. The Morgan fingerprint density at radius 3 is 2.61 bits per heavy atom.